The number of hydrogen-bond acceptors (Lipinski definition) is 8. The van der Waals surface area contributed by atoms with E-state index in [0.29, 0.717) is 11.1 Å². The van der Waals surface area contributed by atoms with Gasteiger partial charge >= 0.3 is 14.2 Å². The molecular formula is C32H46B2N4O8. The quantitative estimate of drug-likeness (QED) is 0.287. The molecule has 248 valence electrons. The maximum atomic E-state index is 12.3. The second kappa shape index (κ2) is 14.4. The number of carbonyl (C=O) groups is 4. The lowest BCUT2D eigenvalue weighted by molar-refractivity contribution is -0.119. The Labute approximate surface area is 271 Å². The van der Waals surface area contributed by atoms with Crippen LogP contribution in [-0.2, 0) is 28.2 Å². The van der Waals surface area contributed by atoms with Gasteiger partial charge in [-0.25, -0.2) is 0 Å². The van der Waals surface area contributed by atoms with Crippen LogP contribution in [0.25, 0.3) is 0 Å². The van der Waals surface area contributed by atoms with Gasteiger partial charge < -0.3 is 40.7 Å². The van der Waals surface area contributed by atoms with Crippen LogP contribution in [0.2, 0.25) is 0 Å². The summed E-state index contributed by atoms with van der Waals surface area (Å²) in [5.41, 5.74) is 9.41. The van der Waals surface area contributed by atoms with Crippen LogP contribution in [0.1, 0.15) is 88.9 Å². The predicted octanol–water partition coefficient (Wildman–Crippen LogP) is 2.58. The van der Waals surface area contributed by atoms with Gasteiger partial charge in [0.2, 0.25) is 11.8 Å². The maximum Gasteiger partial charge on any atom is 0.482 e. The van der Waals surface area contributed by atoms with Crippen LogP contribution < -0.4 is 22.1 Å². The fraction of sp³-hybridized carbons (Fsp3) is 0.500. The summed E-state index contributed by atoms with van der Waals surface area (Å²) in [6.45, 7) is 15.3. The average Bonchev–Trinajstić information content (AvgIpc) is 3.32. The molecule has 12 nitrogen and oxygen atoms in total. The molecule has 0 unspecified atom stereocenters. The highest BCUT2D eigenvalue weighted by molar-refractivity contribution is 6.49. The molecule has 2 aliphatic heterocycles. The van der Waals surface area contributed by atoms with E-state index in [1.54, 1.807) is 48.5 Å². The van der Waals surface area contributed by atoms with Crippen molar-refractivity contribution >= 4 is 37.9 Å². The number of nitrogens with one attached hydrogen (secondary N) is 2. The summed E-state index contributed by atoms with van der Waals surface area (Å²) >= 11 is 0. The second-order valence-electron chi connectivity index (χ2n) is 13.5. The highest BCUT2D eigenvalue weighted by Gasteiger charge is 2.55. The van der Waals surface area contributed by atoms with E-state index >= 15 is 0 Å². The standard InChI is InChI=1S/2C16H23BN2O4/c2*1-15(2)16(3,4)23-17(22-15)12(10-13(18)20)19-14(21)11-8-6-5-7-9-11/h2*5-9,12H,10H2,1-4H3,(H2,18,20)(H,19,21)/t2*12-/m10/s1. The van der Waals surface area contributed by atoms with Crippen molar-refractivity contribution in [2.24, 2.45) is 11.5 Å². The molecular weight excluding hydrogens is 590 g/mol. The molecule has 14 heteroatoms. The third-order valence-corrected chi connectivity index (χ3v) is 8.75. The van der Waals surface area contributed by atoms with E-state index in [-0.39, 0.29) is 24.7 Å². The van der Waals surface area contributed by atoms with Crippen LogP contribution in [-0.4, -0.2) is 72.2 Å². The summed E-state index contributed by atoms with van der Waals surface area (Å²) in [6, 6.07) is 17.5. The summed E-state index contributed by atoms with van der Waals surface area (Å²) in [7, 11) is -1.47. The molecule has 2 atom stereocenters. The van der Waals surface area contributed by atoms with E-state index in [1.807, 2.05) is 67.5 Å². The second-order valence-corrected chi connectivity index (χ2v) is 13.5. The van der Waals surface area contributed by atoms with Crippen LogP contribution in [0.4, 0.5) is 0 Å². The maximum absolute atomic E-state index is 12.3. The number of amides is 4. The minimum Gasteiger partial charge on any atom is -0.402 e. The Kier molecular flexibility index (Phi) is 11.5. The van der Waals surface area contributed by atoms with Gasteiger partial charge in [-0.05, 0) is 79.7 Å². The van der Waals surface area contributed by atoms with Crippen LogP contribution in [0.3, 0.4) is 0 Å². The molecule has 2 fully saturated rings. The number of primary amides is 2. The molecule has 2 heterocycles. The first-order chi connectivity index (χ1) is 21.2. The van der Waals surface area contributed by atoms with Gasteiger partial charge in [0.15, 0.2) is 0 Å². The van der Waals surface area contributed by atoms with E-state index in [1.165, 1.54) is 0 Å². The Morgan fingerprint density at radius 1 is 0.565 bits per heavy atom. The number of nitrogens with two attached hydrogens (primary N) is 2. The van der Waals surface area contributed by atoms with Crippen molar-refractivity contribution in [2.45, 2.75) is 103 Å². The topological polar surface area (TPSA) is 181 Å². The monoisotopic (exact) mass is 636 g/mol. The van der Waals surface area contributed by atoms with Gasteiger partial charge in [0, 0.05) is 24.0 Å². The van der Waals surface area contributed by atoms with Crippen molar-refractivity contribution < 1.29 is 37.8 Å². The van der Waals surface area contributed by atoms with E-state index in [4.69, 9.17) is 30.1 Å². The molecule has 0 spiro atoms. The van der Waals surface area contributed by atoms with E-state index < -0.39 is 60.3 Å². The Hall–Kier alpha value is -3.71. The Morgan fingerprint density at radius 3 is 1.07 bits per heavy atom. The van der Waals surface area contributed by atoms with Gasteiger partial charge in [0.1, 0.15) is 0 Å². The fourth-order valence-corrected chi connectivity index (χ4v) is 4.65. The molecule has 0 aliphatic carbocycles. The third kappa shape index (κ3) is 9.18. The lowest BCUT2D eigenvalue weighted by Crippen LogP contribution is -2.50. The number of hydrogen-bond donors (Lipinski definition) is 4. The Balaban J connectivity index is 0.000000250. The first-order valence-corrected chi connectivity index (χ1v) is 15.2. The largest absolute Gasteiger partial charge is 0.482 e. The molecule has 0 radical (unpaired) electrons. The minimum atomic E-state index is -0.736. The number of benzene rings is 2. The zero-order chi connectivity index (χ0) is 34.5. The van der Waals surface area contributed by atoms with Crippen molar-refractivity contribution in [1.82, 2.24) is 10.6 Å². The van der Waals surface area contributed by atoms with Gasteiger partial charge in [-0.3, -0.25) is 19.2 Å². The third-order valence-electron chi connectivity index (χ3n) is 8.75. The van der Waals surface area contributed by atoms with Crippen LogP contribution in [0, 0.1) is 0 Å². The molecule has 0 aromatic heterocycles. The van der Waals surface area contributed by atoms with E-state index in [9.17, 15) is 19.2 Å². The van der Waals surface area contributed by atoms with E-state index in [0.717, 1.165) is 0 Å². The van der Waals surface area contributed by atoms with Crippen LogP contribution in [0.15, 0.2) is 60.7 Å². The molecule has 46 heavy (non-hydrogen) atoms. The van der Waals surface area contributed by atoms with Crippen LogP contribution >= 0.6 is 0 Å². The summed E-state index contributed by atoms with van der Waals surface area (Å²) in [4.78, 5) is 47.4. The smallest absolute Gasteiger partial charge is 0.402 e. The molecule has 2 aliphatic rings. The zero-order valence-electron chi connectivity index (χ0n) is 27.9. The van der Waals surface area contributed by atoms with Crippen molar-refractivity contribution in [3.63, 3.8) is 0 Å². The summed E-state index contributed by atoms with van der Waals surface area (Å²) in [6.07, 6.45) is -0.120. The van der Waals surface area contributed by atoms with Crippen molar-refractivity contribution in [1.29, 1.82) is 0 Å². The summed E-state index contributed by atoms with van der Waals surface area (Å²) in [5.74, 6) is -2.96. The lowest BCUT2D eigenvalue weighted by atomic mass is 9.76. The molecule has 6 N–H and O–H groups in total. The molecule has 4 rings (SSSR count). The van der Waals surface area contributed by atoms with Crippen molar-refractivity contribution in [2.75, 3.05) is 0 Å². The highest BCUT2D eigenvalue weighted by atomic mass is 16.7. The zero-order valence-corrected chi connectivity index (χ0v) is 27.9. The molecule has 0 saturated carbocycles. The van der Waals surface area contributed by atoms with Crippen LogP contribution in [0.5, 0.6) is 0 Å². The molecule has 2 aromatic carbocycles. The Bertz CT molecular complexity index is 1250. The lowest BCUT2D eigenvalue weighted by Gasteiger charge is -2.32. The molecule has 2 saturated heterocycles. The van der Waals surface area contributed by atoms with Gasteiger partial charge in [0.25, 0.3) is 11.8 Å². The van der Waals surface area contributed by atoms with Gasteiger partial charge in [0.05, 0.1) is 34.3 Å². The predicted molar refractivity (Wildman–Crippen MR) is 175 cm³/mol. The van der Waals surface area contributed by atoms with Gasteiger partial charge in [-0.1, -0.05) is 36.4 Å². The first-order valence-electron chi connectivity index (χ1n) is 15.2. The average molecular weight is 636 g/mol. The molecule has 2 aromatic rings. The normalized spacial score (nSPS) is 20.1. The molecule has 4 amide bonds. The summed E-state index contributed by atoms with van der Waals surface area (Å²) in [5, 5.41) is 5.58. The number of rotatable bonds is 10. The van der Waals surface area contributed by atoms with Gasteiger partial charge in [-0.2, -0.15) is 0 Å². The SMILES string of the molecule is CC1(C)OB([C@@H](CC(N)=O)NC(=O)c2ccccc2)OC1(C)C.CC1(C)OB([C@H](CC(N)=O)NC(=O)c2ccccc2)OC1(C)C. The summed E-state index contributed by atoms with van der Waals surface area (Å²) < 4.78 is 23.7. The number of carbonyl (C=O) groups excluding carboxylic acids is 4. The van der Waals surface area contributed by atoms with Gasteiger partial charge in [-0.15, -0.1) is 0 Å². The van der Waals surface area contributed by atoms with Crippen molar-refractivity contribution in [3.8, 4) is 0 Å². The first kappa shape index (κ1) is 36.8. The minimum absolute atomic E-state index is 0.0601. The van der Waals surface area contributed by atoms with E-state index in [2.05, 4.69) is 10.6 Å². The molecule has 0 bridgehead atoms. The van der Waals surface area contributed by atoms with Crippen molar-refractivity contribution in [3.05, 3.63) is 71.8 Å². The highest BCUT2D eigenvalue weighted by Crippen LogP contribution is 2.39. The fourth-order valence-electron chi connectivity index (χ4n) is 4.65. The Morgan fingerprint density at radius 2 is 0.826 bits per heavy atom.